The van der Waals surface area contributed by atoms with Gasteiger partial charge in [-0.3, -0.25) is 0 Å². The topological polar surface area (TPSA) is 85.9 Å². The molecule has 102 valence electrons. The minimum absolute atomic E-state index is 0.112. The van der Waals surface area contributed by atoms with Crippen molar-refractivity contribution in [3.8, 4) is 0 Å². The van der Waals surface area contributed by atoms with E-state index in [1.165, 1.54) is 4.88 Å². The molecule has 3 rings (SSSR count). The maximum Gasteiger partial charge on any atom is 0.151 e. The summed E-state index contributed by atoms with van der Waals surface area (Å²) in [6, 6.07) is 0. The van der Waals surface area contributed by atoms with E-state index in [4.69, 9.17) is 5.73 Å². The number of hydrogen-bond donors (Lipinski definition) is 1. The Morgan fingerprint density at radius 1 is 1.32 bits per heavy atom. The Morgan fingerprint density at radius 2 is 2.05 bits per heavy atom. The molecule has 1 unspecified atom stereocenters. The number of thiophene rings is 1. The molecule has 19 heavy (non-hydrogen) atoms. The lowest BCUT2D eigenvalue weighted by Crippen LogP contribution is -2.08. The second-order valence-electron chi connectivity index (χ2n) is 5.03. The van der Waals surface area contributed by atoms with E-state index in [0.29, 0.717) is 18.1 Å². The van der Waals surface area contributed by atoms with Crippen LogP contribution in [0.15, 0.2) is 0 Å². The first-order valence-electron chi connectivity index (χ1n) is 6.11. The maximum absolute atomic E-state index is 11.5. The summed E-state index contributed by atoms with van der Waals surface area (Å²) in [5, 5.41) is 0.909. The normalized spacial score (nSPS) is 22.1. The summed E-state index contributed by atoms with van der Waals surface area (Å²) < 4.78 is 23.1. The predicted octanol–water partition coefficient (Wildman–Crippen LogP) is 1.79. The molecule has 0 spiro atoms. The van der Waals surface area contributed by atoms with Crippen molar-refractivity contribution in [1.82, 2.24) is 9.97 Å². The summed E-state index contributed by atoms with van der Waals surface area (Å²) in [7, 11) is -2.93. The summed E-state index contributed by atoms with van der Waals surface area (Å²) in [5.74, 6) is 1.29. The predicted molar refractivity (Wildman–Crippen MR) is 77.3 cm³/mol. The van der Waals surface area contributed by atoms with Gasteiger partial charge in [-0.1, -0.05) is 0 Å². The van der Waals surface area contributed by atoms with E-state index in [0.717, 1.165) is 15.8 Å². The zero-order valence-electron chi connectivity index (χ0n) is 10.8. The van der Waals surface area contributed by atoms with Crippen LogP contribution in [0.5, 0.6) is 0 Å². The molecule has 0 aromatic carbocycles. The van der Waals surface area contributed by atoms with Gasteiger partial charge in [-0.05, 0) is 25.8 Å². The Morgan fingerprint density at radius 3 is 2.68 bits per heavy atom. The maximum atomic E-state index is 11.5. The van der Waals surface area contributed by atoms with Crippen molar-refractivity contribution in [2.75, 3.05) is 17.2 Å². The molecule has 1 atom stereocenters. The zero-order chi connectivity index (χ0) is 13.8. The number of anilines is 1. The fourth-order valence-electron chi connectivity index (χ4n) is 2.48. The lowest BCUT2D eigenvalue weighted by molar-refractivity contribution is 0.601. The molecule has 0 aliphatic carbocycles. The third-order valence-electron chi connectivity index (χ3n) is 3.67. The summed E-state index contributed by atoms with van der Waals surface area (Å²) >= 11 is 1.59. The molecule has 1 fully saturated rings. The number of aromatic nitrogens is 2. The molecule has 0 bridgehead atoms. The third kappa shape index (κ3) is 2.10. The standard InChI is InChI=1S/C12H15N3O2S2/c1-6-7(2)18-12-9(6)10(13)14-11(15-12)8-3-4-19(16,17)5-8/h8H,3-5H2,1-2H3,(H2,13,14,15). The Hall–Kier alpha value is -1.21. The molecule has 1 aliphatic heterocycles. The van der Waals surface area contributed by atoms with Crippen LogP contribution in [-0.4, -0.2) is 29.9 Å². The van der Waals surface area contributed by atoms with Crippen LogP contribution in [0.4, 0.5) is 5.82 Å². The van der Waals surface area contributed by atoms with Crippen LogP contribution in [0, 0.1) is 13.8 Å². The summed E-state index contributed by atoms with van der Waals surface area (Å²) in [6.45, 7) is 4.04. The molecule has 2 aromatic heterocycles. The number of rotatable bonds is 1. The van der Waals surface area contributed by atoms with Crippen molar-refractivity contribution >= 4 is 37.2 Å². The minimum Gasteiger partial charge on any atom is -0.383 e. The quantitative estimate of drug-likeness (QED) is 0.867. The number of nitrogens with zero attached hydrogens (tertiary/aromatic N) is 2. The molecule has 1 saturated heterocycles. The minimum atomic E-state index is -2.93. The first-order valence-corrected chi connectivity index (χ1v) is 8.75. The van der Waals surface area contributed by atoms with Gasteiger partial charge in [-0.15, -0.1) is 11.3 Å². The lowest BCUT2D eigenvalue weighted by atomic mass is 10.1. The van der Waals surface area contributed by atoms with E-state index >= 15 is 0 Å². The molecule has 0 saturated carbocycles. The van der Waals surface area contributed by atoms with Crippen LogP contribution in [0.3, 0.4) is 0 Å². The van der Waals surface area contributed by atoms with Gasteiger partial charge in [-0.25, -0.2) is 18.4 Å². The first-order chi connectivity index (χ1) is 8.87. The number of sulfone groups is 1. The average molecular weight is 297 g/mol. The summed E-state index contributed by atoms with van der Waals surface area (Å²) in [5.41, 5.74) is 7.13. The van der Waals surface area contributed by atoms with Gasteiger partial charge in [0.15, 0.2) is 9.84 Å². The smallest absolute Gasteiger partial charge is 0.151 e. The Kier molecular flexibility index (Phi) is 2.79. The van der Waals surface area contributed by atoms with Crippen molar-refractivity contribution in [1.29, 1.82) is 0 Å². The van der Waals surface area contributed by atoms with Crippen LogP contribution < -0.4 is 5.73 Å². The van der Waals surface area contributed by atoms with Gasteiger partial charge in [0.1, 0.15) is 16.5 Å². The molecule has 2 aromatic rings. The third-order valence-corrected chi connectivity index (χ3v) is 6.54. The highest BCUT2D eigenvalue weighted by atomic mass is 32.2. The van der Waals surface area contributed by atoms with Crippen LogP contribution in [-0.2, 0) is 9.84 Å². The SMILES string of the molecule is Cc1sc2nc(C3CCS(=O)(=O)C3)nc(N)c2c1C. The van der Waals surface area contributed by atoms with Gasteiger partial charge in [0.2, 0.25) is 0 Å². The van der Waals surface area contributed by atoms with E-state index in [1.807, 2.05) is 13.8 Å². The fraction of sp³-hybridized carbons (Fsp3) is 0.500. The van der Waals surface area contributed by atoms with E-state index in [9.17, 15) is 8.42 Å². The Labute approximate surface area is 115 Å². The molecular formula is C12H15N3O2S2. The van der Waals surface area contributed by atoms with Crippen molar-refractivity contribution in [2.45, 2.75) is 26.2 Å². The van der Waals surface area contributed by atoms with Crippen LogP contribution in [0.2, 0.25) is 0 Å². The molecule has 0 radical (unpaired) electrons. The number of aryl methyl sites for hydroxylation is 2. The van der Waals surface area contributed by atoms with Crippen molar-refractivity contribution in [3.05, 3.63) is 16.3 Å². The number of nitrogens with two attached hydrogens (primary N) is 1. The zero-order valence-corrected chi connectivity index (χ0v) is 12.4. The highest BCUT2D eigenvalue weighted by Crippen LogP contribution is 2.34. The number of hydrogen-bond acceptors (Lipinski definition) is 6. The second kappa shape index (κ2) is 4.14. The van der Waals surface area contributed by atoms with Gasteiger partial charge in [0.25, 0.3) is 0 Å². The summed E-state index contributed by atoms with van der Waals surface area (Å²) in [6.07, 6.45) is 0.594. The van der Waals surface area contributed by atoms with Crippen LogP contribution in [0.25, 0.3) is 10.2 Å². The second-order valence-corrected chi connectivity index (χ2v) is 8.46. The Balaban J connectivity index is 2.12. The summed E-state index contributed by atoms with van der Waals surface area (Å²) in [4.78, 5) is 10.9. The van der Waals surface area contributed by atoms with Gasteiger partial charge in [0.05, 0.1) is 16.9 Å². The number of fused-ring (bicyclic) bond motifs is 1. The molecule has 5 nitrogen and oxygen atoms in total. The average Bonchev–Trinajstić information content (AvgIpc) is 2.81. The Bertz CT molecular complexity index is 765. The molecule has 7 heteroatoms. The highest BCUT2D eigenvalue weighted by Gasteiger charge is 2.31. The highest BCUT2D eigenvalue weighted by molar-refractivity contribution is 7.91. The van der Waals surface area contributed by atoms with Crippen molar-refractivity contribution in [2.24, 2.45) is 0 Å². The van der Waals surface area contributed by atoms with E-state index in [2.05, 4.69) is 9.97 Å². The van der Waals surface area contributed by atoms with Gasteiger partial charge in [0, 0.05) is 10.8 Å². The van der Waals surface area contributed by atoms with Crippen molar-refractivity contribution in [3.63, 3.8) is 0 Å². The van der Waals surface area contributed by atoms with E-state index in [-0.39, 0.29) is 17.4 Å². The fourth-order valence-corrected chi connectivity index (χ4v) is 5.26. The van der Waals surface area contributed by atoms with Gasteiger partial charge in [-0.2, -0.15) is 0 Å². The first kappa shape index (κ1) is 12.8. The monoisotopic (exact) mass is 297 g/mol. The van der Waals surface area contributed by atoms with Gasteiger partial charge < -0.3 is 5.73 Å². The van der Waals surface area contributed by atoms with Crippen LogP contribution >= 0.6 is 11.3 Å². The van der Waals surface area contributed by atoms with E-state index < -0.39 is 9.84 Å². The van der Waals surface area contributed by atoms with Crippen molar-refractivity contribution < 1.29 is 8.42 Å². The largest absolute Gasteiger partial charge is 0.383 e. The molecule has 3 heterocycles. The lowest BCUT2D eigenvalue weighted by Gasteiger charge is -2.07. The molecule has 1 aliphatic rings. The molecular weight excluding hydrogens is 282 g/mol. The van der Waals surface area contributed by atoms with Gasteiger partial charge >= 0.3 is 0 Å². The van der Waals surface area contributed by atoms with E-state index in [1.54, 1.807) is 11.3 Å². The molecule has 0 amide bonds. The van der Waals surface area contributed by atoms with Crippen LogP contribution in [0.1, 0.15) is 28.6 Å². The number of nitrogen functional groups attached to an aromatic ring is 1. The molecule has 2 N–H and O–H groups in total.